The highest BCUT2D eigenvalue weighted by atomic mass is 32.2. The molecule has 0 aliphatic rings. The predicted octanol–water partition coefficient (Wildman–Crippen LogP) is 2.67. The van der Waals surface area contributed by atoms with Crippen molar-refractivity contribution in [2.45, 2.75) is 31.8 Å². The summed E-state index contributed by atoms with van der Waals surface area (Å²) >= 11 is 0. The Morgan fingerprint density at radius 2 is 1.56 bits per heavy atom. The second-order valence-electron chi connectivity index (χ2n) is 5.75. The highest BCUT2D eigenvalue weighted by Crippen LogP contribution is 2.17. The average molecular weight is 363 g/mol. The molecule has 6 nitrogen and oxygen atoms in total. The van der Waals surface area contributed by atoms with Gasteiger partial charge >= 0.3 is 5.97 Å². The van der Waals surface area contributed by atoms with Gasteiger partial charge in [-0.2, -0.15) is 4.72 Å². The minimum absolute atomic E-state index is 0.00266. The Bertz CT molecular complexity index is 812. The monoisotopic (exact) mass is 363 g/mol. The largest absolute Gasteiger partial charge is 0.491 e. The number of sulfonamides is 1. The van der Waals surface area contributed by atoms with Crippen molar-refractivity contribution in [1.82, 2.24) is 4.72 Å². The molecule has 0 aromatic heterocycles. The Morgan fingerprint density at radius 1 is 1.00 bits per heavy atom. The molecule has 0 saturated carbocycles. The van der Waals surface area contributed by atoms with Gasteiger partial charge in [0, 0.05) is 0 Å². The Kier molecular flexibility index (Phi) is 6.17. The lowest BCUT2D eigenvalue weighted by molar-refractivity contribution is -0.133. The van der Waals surface area contributed by atoms with E-state index in [0.717, 1.165) is 5.56 Å². The maximum absolute atomic E-state index is 12.2. The minimum atomic E-state index is -3.81. The van der Waals surface area contributed by atoms with Crippen molar-refractivity contribution in [3.63, 3.8) is 0 Å². The van der Waals surface area contributed by atoms with Crippen LogP contribution < -0.4 is 14.2 Å². The lowest BCUT2D eigenvalue weighted by atomic mass is 10.2. The predicted molar refractivity (Wildman–Crippen MR) is 94.2 cm³/mol. The molecular weight excluding hydrogens is 342 g/mol. The molecule has 7 heteroatoms. The quantitative estimate of drug-likeness (QED) is 0.604. The molecule has 0 aliphatic carbocycles. The van der Waals surface area contributed by atoms with Gasteiger partial charge in [0.2, 0.25) is 10.0 Å². The van der Waals surface area contributed by atoms with Gasteiger partial charge in [0.25, 0.3) is 0 Å². The first-order chi connectivity index (χ1) is 11.8. The Labute approximate surface area is 147 Å². The van der Waals surface area contributed by atoms with Crippen molar-refractivity contribution >= 4 is 16.0 Å². The van der Waals surface area contributed by atoms with E-state index < -0.39 is 22.5 Å². The van der Waals surface area contributed by atoms with E-state index in [4.69, 9.17) is 9.47 Å². The molecule has 0 saturated heterocycles. The fourth-order valence-corrected chi connectivity index (χ4v) is 2.95. The fourth-order valence-electron chi connectivity index (χ4n) is 1.98. The zero-order valence-electron chi connectivity index (χ0n) is 14.4. The number of ether oxygens (including phenoxy) is 2. The topological polar surface area (TPSA) is 81.7 Å². The van der Waals surface area contributed by atoms with Crippen LogP contribution in [0.4, 0.5) is 0 Å². The SMILES string of the molecule is Cc1ccc(OC(=O)CNS(=O)(=O)c2ccc(OC(C)C)cc2)cc1. The van der Waals surface area contributed by atoms with E-state index in [9.17, 15) is 13.2 Å². The third-order valence-electron chi connectivity index (χ3n) is 3.17. The molecule has 2 rings (SSSR count). The van der Waals surface area contributed by atoms with Gasteiger partial charge < -0.3 is 9.47 Å². The lowest BCUT2D eigenvalue weighted by Crippen LogP contribution is -2.31. The van der Waals surface area contributed by atoms with Crippen molar-refractivity contribution in [3.8, 4) is 11.5 Å². The highest BCUT2D eigenvalue weighted by molar-refractivity contribution is 7.89. The first-order valence-corrected chi connectivity index (χ1v) is 9.28. The number of aryl methyl sites for hydroxylation is 1. The normalized spacial score (nSPS) is 11.4. The number of carbonyl (C=O) groups excluding carboxylic acids is 1. The van der Waals surface area contributed by atoms with Crippen LogP contribution in [0.1, 0.15) is 19.4 Å². The Balaban J connectivity index is 1.94. The van der Waals surface area contributed by atoms with Gasteiger partial charge in [0.05, 0.1) is 11.0 Å². The number of carbonyl (C=O) groups is 1. The van der Waals surface area contributed by atoms with Crippen molar-refractivity contribution in [3.05, 3.63) is 54.1 Å². The number of esters is 1. The first-order valence-electron chi connectivity index (χ1n) is 7.80. The van der Waals surface area contributed by atoms with Crippen LogP contribution >= 0.6 is 0 Å². The van der Waals surface area contributed by atoms with Gasteiger partial charge in [-0.15, -0.1) is 0 Å². The van der Waals surface area contributed by atoms with Crippen LogP contribution in [0, 0.1) is 6.92 Å². The summed E-state index contributed by atoms with van der Waals surface area (Å²) in [6.07, 6.45) is -0.00266. The molecule has 0 radical (unpaired) electrons. The van der Waals surface area contributed by atoms with Crippen molar-refractivity contribution < 1.29 is 22.7 Å². The molecular formula is C18H21NO5S. The molecule has 2 aromatic rings. The summed E-state index contributed by atoms with van der Waals surface area (Å²) in [6.45, 7) is 5.22. The standard InChI is InChI=1S/C18H21NO5S/c1-13(2)23-15-8-10-17(11-9-15)25(21,22)19-12-18(20)24-16-6-4-14(3)5-7-16/h4-11,13,19H,12H2,1-3H3. The molecule has 0 heterocycles. The van der Waals surface area contributed by atoms with Crippen LogP contribution in [0.25, 0.3) is 0 Å². The molecule has 1 N–H and O–H groups in total. The molecule has 0 amide bonds. The van der Waals surface area contributed by atoms with Crippen LogP contribution in [0.15, 0.2) is 53.4 Å². The van der Waals surface area contributed by atoms with Gasteiger partial charge in [-0.25, -0.2) is 8.42 Å². The fraction of sp³-hybridized carbons (Fsp3) is 0.278. The number of nitrogens with one attached hydrogen (secondary N) is 1. The second kappa shape index (κ2) is 8.13. The van der Waals surface area contributed by atoms with Gasteiger partial charge in [-0.05, 0) is 57.2 Å². The Hall–Kier alpha value is -2.38. The van der Waals surface area contributed by atoms with Crippen molar-refractivity contribution in [1.29, 1.82) is 0 Å². The third-order valence-corrected chi connectivity index (χ3v) is 4.58. The van der Waals surface area contributed by atoms with Crippen LogP contribution in [-0.4, -0.2) is 27.0 Å². The van der Waals surface area contributed by atoms with Gasteiger partial charge in [0.1, 0.15) is 18.0 Å². The number of benzene rings is 2. The minimum Gasteiger partial charge on any atom is -0.491 e. The summed E-state index contributed by atoms with van der Waals surface area (Å²) in [6, 6.07) is 12.9. The number of hydrogen-bond acceptors (Lipinski definition) is 5. The number of hydrogen-bond donors (Lipinski definition) is 1. The van der Waals surface area contributed by atoms with E-state index in [1.807, 2.05) is 20.8 Å². The zero-order chi connectivity index (χ0) is 18.4. The molecule has 0 fully saturated rings. The molecule has 25 heavy (non-hydrogen) atoms. The van der Waals surface area contributed by atoms with Crippen LogP contribution in [0.5, 0.6) is 11.5 Å². The molecule has 0 spiro atoms. The summed E-state index contributed by atoms with van der Waals surface area (Å²) in [4.78, 5) is 11.8. The number of rotatable bonds is 7. The summed E-state index contributed by atoms with van der Waals surface area (Å²) in [5.74, 6) is 0.255. The third kappa shape index (κ3) is 5.88. The lowest BCUT2D eigenvalue weighted by Gasteiger charge is -2.11. The zero-order valence-corrected chi connectivity index (χ0v) is 15.2. The Morgan fingerprint density at radius 3 is 2.12 bits per heavy atom. The second-order valence-corrected chi connectivity index (χ2v) is 7.52. The maximum Gasteiger partial charge on any atom is 0.326 e. The van der Waals surface area contributed by atoms with Gasteiger partial charge in [-0.3, -0.25) is 4.79 Å². The van der Waals surface area contributed by atoms with E-state index in [0.29, 0.717) is 11.5 Å². The highest BCUT2D eigenvalue weighted by Gasteiger charge is 2.16. The van der Waals surface area contributed by atoms with E-state index in [1.165, 1.54) is 12.1 Å². The molecule has 2 aromatic carbocycles. The molecule has 0 aliphatic heterocycles. The van der Waals surface area contributed by atoms with Crippen molar-refractivity contribution in [2.75, 3.05) is 6.54 Å². The van der Waals surface area contributed by atoms with Crippen LogP contribution in [0.2, 0.25) is 0 Å². The van der Waals surface area contributed by atoms with Crippen LogP contribution in [-0.2, 0) is 14.8 Å². The molecule has 0 atom stereocenters. The summed E-state index contributed by atoms with van der Waals surface area (Å²) in [5.41, 5.74) is 1.03. The summed E-state index contributed by atoms with van der Waals surface area (Å²) < 4.78 is 37.2. The van der Waals surface area contributed by atoms with Crippen molar-refractivity contribution in [2.24, 2.45) is 0 Å². The van der Waals surface area contributed by atoms with E-state index >= 15 is 0 Å². The average Bonchev–Trinajstić information content (AvgIpc) is 2.55. The summed E-state index contributed by atoms with van der Waals surface area (Å²) in [5, 5.41) is 0. The maximum atomic E-state index is 12.2. The van der Waals surface area contributed by atoms with Crippen LogP contribution in [0.3, 0.4) is 0 Å². The smallest absolute Gasteiger partial charge is 0.326 e. The first kappa shape index (κ1) is 19.0. The molecule has 0 unspecified atom stereocenters. The van der Waals surface area contributed by atoms with E-state index in [1.54, 1.807) is 36.4 Å². The molecule has 134 valence electrons. The van der Waals surface area contributed by atoms with Gasteiger partial charge in [0.15, 0.2) is 0 Å². The summed E-state index contributed by atoms with van der Waals surface area (Å²) in [7, 11) is -3.81. The van der Waals surface area contributed by atoms with E-state index in [-0.39, 0.29) is 11.0 Å². The molecule has 0 bridgehead atoms. The van der Waals surface area contributed by atoms with E-state index in [2.05, 4.69) is 4.72 Å². The van der Waals surface area contributed by atoms with Gasteiger partial charge in [-0.1, -0.05) is 17.7 Å².